The lowest BCUT2D eigenvalue weighted by atomic mass is 10.2. The minimum Gasteiger partial charge on any atom is -0.254 e. The summed E-state index contributed by atoms with van der Waals surface area (Å²) in [5.74, 6) is 0. The van der Waals surface area contributed by atoms with Gasteiger partial charge in [-0.2, -0.15) is 0 Å². The first-order valence-corrected chi connectivity index (χ1v) is 9.95. The minimum absolute atomic E-state index is 0.123. The molecule has 0 spiro atoms. The largest absolute Gasteiger partial charge is 0.254 e. The summed E-state index contributed by atoms with van der Waals surface area (Å²) in [4.78, 5) is 30.5. The summed E-state index contributed by atoms with van der Waals surface area (Å²) in [6, 6.07) is 15.8. The van der Waals surface area contributed by atoms with Crippen LogP contribution in [0.25, 0.3) is 0 Å². The Hall–Kier alpha value is -3.03. The molecule has 0 aliphatic heterocycles. The second-order valence-corrected chi connectivity index (χ2v) is 7.68. The summed E-state index contributed by atoms with van der Waals surface area (Å²) in [6.07, 6.45) is 0. The van der Waals surface area contributed by atoms with Gasteiger partial charge in [0.05, 0.1) is 21.2 Å². The molecular formula is C21H21Cl2N5O2+2. The molecule has 2 N–H and O–H groups in total. The summed E-state index contributed by atoms with van der Waals surface area (Å²) in [6.45, 7) is 3.82. The molecule has 0 aliphatic rings. The lowest BCUT2D eigenvalue weighted by Gasteiger charge is -2.08. The van der Waals surface area contributed by atoms with Crippen molar-refractivity contribution in [3.63, 3.8) is 0 Å². The topological polar surface area (TPSA) is 77.1 Å². The van der Waals surface area contributed by atoms with E-state index in [4.69, 9.17) is 23.2 Å². The second kappa shape index (κ2) is 9.65. The van der Waals surface area contributed by atoms with E-state index in [1.54, 1.807) is 68.4 Å². The Morgan fingerprint density at radius 2 is 1.10 bits per heavy atom. The Balaban J connectivity index is 1.68. The standard InChI is InChI=1S/C21H21Cl2N5O2/c1-14-20(25-27(29)12-16-3-7-18(22)8-4-16)11-21(15(2)24-14)26-28(30)13-17-5-9-19(23)10-6-17/h3-11H,12-13H2,1-2H3,(H,25,29)(H,26,30)/q+2. The number of nitrogens with zero attached hydrogens (tertiary/aromatic N) is 3. The average molecular weight is 446 g/mol. The first-order chi connectivity index (χ1) is 14.3. The highest BCUT2D eigenvalue weighted by atomic mass is 35.5. The van der Waals surface area contributed by atoms with Crippen LogP contribution in [0.15, 0.2) is 54.6 Å². The van der Waals surface area contributed by atoms with Gasteiger partial charge in [0.1, 0.15) is 21.1 Å². The summed E-state index contributed by atoms with van der Waals surface area (Å²) in [5.41, 5.74) is 9.48. The Bertz CT molecular complexity index is 987. The van der Waals surface area contributed by atoms with Gasteiger partial charge >= 0.3 is 0 Å². The van der Waals surface area contributed by atoms with E-state index in [-0.39, 0.29) is 13.1 Å². The van der Waals surface area contributed by atoms with Gasteiger partial charge in [0, 0.05) is 27.2 Å². The first kappa shape index (κ1) is 21.7. The minimum atomic E-state index is 0.123. The number of hydrogen-bond acceptors (Lipinski definition) is 3. The number of aryl methyl sites for hydroxylation is 2. The van der Waals surface area contributed by atoms with Gasteiger partial charge in [-0.05, 0) is 38.1 Å². The second-order valence-electron chi connectivity index (χ2n) is 6.80. The molecule has 0 unspecified atom stereocenters. The number of benzene rings is 2. The normalized spacial score (nSPS) is 10.5. The van der Waals surface area contributed by atoms with Crippen molar-refractivity contribution in [1.82, 2.24) is 4.98 Å². The van der Waals surface area contributed by atoms with E-state index in [0.29, 0.717) is 42.5 Å². The predicted octanol–water partition coefficient (Wildman–Crippen LogP) is 5.62. The van der Waals surface area contributed by atoms with Crippen molar-refractivity contribution in [3.8, 4) is 0 Å². The molecule has 3 aromatic rings. The molecule has 0 fully saturated rings. The summed E-state index contributed by atoms with van der Waals surface area (Å²) < 4.78 is 0. The van der Waals surface area contributed by atoms with Gasteiger partial charge in [-0.1, -0.05) is 47.5 Å². The van der Waals surface area contributed by atoms with Crippen molar-refractivity contribution in [3.05, 3.63) is 97.0 Å². The van der Waals surface area contributed by atoms with E-state index < -0.39 is 0 Å². The average Bonchev–Trinajstić information content (AvgIpc) is 2.69. The maximum atomic E-state index is 12.3. The molecule has 154 valence electrons. The van der Waals surface area contributed by atoms with Crippen LogP contribution in [0, 0.1) is 23.7 Å². The molecule has 1 heterocycles. The molecule has 0 aliphatic carbocycles. The van der Waals surface area contributed by atoms with Gasteiger partial charge in [-0.3, -0.25) is 4.98 Å². The fourth-order valence-electron chi connectivity index (χ4n) is 2.81. The molecule has 9 heteroatoms. The van der Waals surface area contributed by atoms with Gasteiger partial charge in [-0.25, -0.2) is 0 Å². The molecule has 1 aromatic heterocycles. The lowest BCUT2D eigenvalue weighted by molar-refractivity contribution is -0.535. The van der Waals surface area contributed by atoms with Crippen LogP contribution in [0.1, 0.15) is 22.5 Å². The van der Waals surface area contributed by atoms with Crippen molar-refractivity contribution in [2.24, 2.45) is 0 Å². The highest BCUT2D eigenvalue weighted by Crippen LogP contribution is 2.22. The van der Waals surface area contributed by atoms with Crippen molar-refractivity contribution < 1.29 is 9.74 Å². The van der Waals surface area contributed by atoms with Gasteiger partial charge in [0.15, 0.2) is 0 Å². The zero-order chi connectivity index (χ0) is 21.7. The number of rotatable bonds is 8. The number of aromatic nitrogens is 1. The maximum absolute atomic E-state index is 12.3. The number of nitrogens with one attached hydrogen (secondary N) is 2. The van der Waals surface area contributed by atoms with E-state index in [1.165, 1.54) is 0 Å². The predicted molar refractivity (Wildman–Crippen MR) is 119 cm³/mol. The molecule has 0 saturated heterocycles. The third kappa shape index (κ3) is 5.98. The van der Waals surface area contributed by atoms with Crippen LogP contribution < -0.4 is 10.9 Å². The molecule has 30 heavy (non-hydrogen) atoms. The molecule has 0 radical (unpaired) electrons. The Morgan fingerprint density at radius 1 is 0.733 bits per heavy atom. The van der Waals surface area contributed by atoms with E-state index in [2.05, 4.69) is 15.8 Å². The number of pyridine rings is 1. The summed E-state index contributed by atoms with van der Waals surface area (Å²) in [7, 11) is 0. The van der Waals surface area contributed by atoms with Crippen LogP contribution in [-0.2, 0) is 13.1 Å². The van der Waals surface area contributed by atoms with E-state index >= 15 is 0 Å². The first-order valence-electron chi connectivity index (χ1n) is 9.20. The van der Waals surface area contributed by atoms with Crippen LogP contribution in [0.4, 0.5) is 11.4 Å². The van der Waals surface area contributed by atoms with Crippen LogP contribution in [-0.4, -0.2) is 14.7 Å². The molecule has 0 bridgehead atoms. The van der Waals surface area contributed by atoms with Crippen molar-refractivity contribution in [2.75, 3.05) is 10.9 Å². The molecule has 2 aromatic carbocycles. The number of hydrogen-bond donors (Lipinski definition) is 2. The summed E-state index contributed by atoms with van der Waals surface area (Å²) >= 11 is 11.7. The Kier molecular flexibility index (Phi) is 6.97. The van der Waals surface area contributed by atoms with Crippen molar-refractivity contribution in [1.29, 1.82) is 0 Å². The Morgan fingerprint density at radius 3 is 1.47 bits per heavy atom. The fourth-order valence-corrected chi connectivity index (χ4v) is 3.06. The smallest absolute Gasteiger partial charge is 0.250 e. The van der Waals surface area contributed by atoms with E-state index in [0.717, 1.165) is 11.1 Å². The third-order valence-electron chi connectivity index (χ3n) is 4.37. The van der Waals surface area contributed by atoms with E-state index in [1.807, 2.05) is 0 Å². The van der Waals surface area contributed by atoms with Gasteiger partial charge < -0.3 is 0 Å². The SMILES string of the molecule is Cc1nc(C)c(N[N+](=O)Cc2ccc(Cl)cc2)cc1N[N+](=O)Cc1ccc(Cl)cc1. The zero-order valence-corrected chi connectivity index (χ0v) is 18.0. The van der Waals surface area contributed by atoms with Crippen LogP contribution >= 0.6 is 23.2 Å². The number of anilines is 2. The van der Waals surface area contributed by atoms with Crippen molar-refractivity contribution in [2.45, 2.75) is 26.9 Å². The molecule has 0 amide bonds. The number of hydrazine groups is 2. The van der Waals surface area contributed by atoms with Crippen molar-refractivity contribution >= 4 is 34.6 Å². The van der Waals surface area contributed by atoms with Gasteiger partial charge in [0.25, 0.3) is 13.1 Å². The van der Waals surface area contributed by atoms with Gasteiger partial charge in [-0.15, -0.1) is 10.9 Å². The molecule has 7 nitrogen and oxygen atoms in total. The molecule has 0 atom stereocenters. The molecular weight excluding hydrogens is 425 g/mol. The van der Waals surface area contributed by atoms with Crippen LogP contribution in [0.5, 0.6) is 0 Å². The number of nitroso groups, excluding NO2 is 2. The Labute approximate surface area is 184 Å². The fraction of sp³-hybridized carbons (Fsp3) is 0.190. The molecule has 3 rings (SSSR count). The highest BCUT2D eigenvalue weighted by molar-refractivity contribution is 6.30. The molecule has 0 saturated carbocycles. The number of halogens is 2. The third-order valence-corrected chi connectivity index (χ3v) is 4.88. The highest BCUT2D eigenvalue weighted by Gasteiger charge is 2.18. The van der Waals surface area contributed by atoms with Gasteiger partial charge in [0.2, 0.25) is 0 Å². The van der Waals surface area contributed by atoms with Crippen LogP contribution in [0.2, 0.25) is 10.0 Å². The maximum Gasteiger partial charge on any atom is 0.250 e. The quantitative estimate of drug-likeness (QED) is 0.347. The zero-order valence-electron chi connectivity index (χ0n) is 16.5. The monoisotopic (exact) mass is 445 g/mol. The van der Waals surface area contributed by atoms with Crippen LogP contribution in [0.3, 0.4) is 0 Å². The summed E-state index contributed by atoms with van der Waals surface area (Å²) in [5, 5.41) is 1.22. The van der Waals surface area contributed by atoms with E-state index in [9.17, 15) is 9.81 Å². The lowest BCUT2D eigenvalue weighted by Crippen LogP contribution is -2.19.